The highest BCUT2D eigenvalue weighted by atomic mass is 19.1. The minimum Gasteiger partial charge on any atom is -0.338 e. The van der Waals surface area contributed by atoms with Crippen molar-refractivity contribution in [3.63, 3.8) is 0 Å². The molecule has 1 aromatic heterocycles. The lowest BCUT2D eigenvalue weighted by Crippen LogP contribution is -1.98. The summed E-state index contributed by atoms with van der Waals surface area (Å²) in [5, 5.41) is 2.82. The van der Waals surface area contributed by atoms with Gasteiger partial charge in [0.05, 0.1) is 11.9 Å². The van der Waals surface area contributed by atoms with Crippen LogP contribution in [0.5, 0.6) is 0 Å². The van der Waals surface area contributed by atoms with E-state index < -0.39 is 5.82 Å². The summed E-state index contributed by atoms with van der Waals surface area (Å²) in [4.78, 5) is 18.5. The van der Waals surface area contributed by atoms with Gasteiger partial charge in [-0.1, -0.05) is 0 Å². The maximum Gasteiger partial charge on any atom is 0.152 e. The van der Waals surface area contributed by atoms with E-state index in [1.54, 1.807) is 0 Å². The SMILES string of the molecule is O=Cc1ccc(F)cc1Nc1cnccn1. The Morgan fingerprint density at radius 1 is 1.31 bits per heavy atom. The highest BCUT2D eigenvalue weighted by Gasteiger charge is 2.04. The molecule has 0 fully saturated rings. The molecular formula is C11H8FN3O. The Labute approximate surface area is 91.2 Å². The molecular weight excluding hydrogens is 209 g/mol. The molecule has 0 radical (unpaired) electrons. The van der Waals surface area contributed by atoms with Crippen LogP contribution in [-0.2, 0) is 0 Å². The molecule has 1 heterocycles. The zero-order chi connectivity index (χ0) is 11.4. The molecule has 0 saturated heterocycles. The lowest BCUT2D eigenvalue weighted by molar-refractivity contribution is 0.112. The predicted octanol–water partition coefficient (Wildman–Crippen LogP) is 2.17. The molecule has 0 spiro atoms. The van der Waals surface area contributed by atoms with Gasteiger partial charge in [-0.3, -0.25) is 9.78 Å². The van der Waals surface area contributed by atoms with E-state index in [9.17, 15) is 9.18 Å². The first-order valence-electron chi connectivity index (χ1n) is 4.57. The number of carbonyl (C=O) groups excluding carboxylic acids is 1. The second kappa shape index (κ2) is 4.48. The zero-order valence-electron chi connectivity index (χ0n) is 8.22. The highest BCUT2D eigenvalue weighted by Crippen LogP contribution is 2.18. The number of aromatic nitrogens is 2. The van der Waals surface area contributed by atoms with Crippen molar-refractivity contribution in [2.45, 2.75) is 0 Å². The van der Waals surface area contributed by atoms with Crippen molar-refractivity contribution in [3.8, 4) is 0 Å². The van der Waals surface area contributed by atoms with Gasteiger partial charge in [-0.05, 0) is 18.2 Å². The Morgan fingerprint density at radius 3 is 2.88 bits per heavy atom. The average molecular weight is 217 g/mol. The number of hydrogen-bond acceptors (Lipinski definition) is 4. The summed E-state index contributed by atoms with van der Waals surface area (Å²) in [5.74, 6) is 0.0354. The molecule has 0 aliphatic rings. The summed E-state index contributed by atoms with van der Waals surface area (Å²) < 4.78 is 13.0. The first kappa shape index (κ1) is 10.2. The fraction of sp³-hybridized carbons (Fsp3) is 0. The molecule has 1 N–H and O–H groups in total. The number of aldehydes is 1. The number of benzene rings is 1. The van der Waals surface area contributed by atoms with Gasteiger partial charge < -0.3 is 5.32 Å². The van der Waals surface area contributed by atoms with Crippen LogP contribution in [0.3, 0.4) is 0 Å². The molecule has 0 atom stereocenters. The number of rotatable bonds is 3. The van der Waals surface area contributed by atoms with Gasteiger partial charge in [-0.2, -0.15) is 0 Å². The van der Waals surface area contributed by atoms with Crippen molar-refractivity contribution >= 4 is 17.8 Å². The molecule has 0 bridgehead atoms. The molecule has 5 heteroatoms. The van der Waals surface area contributed by atoms with Crippen molar-refractivity contribution in [2.75, 3.05) is 5.32 Å². The van der Waals surface area contributed by atoms with E-state index in [-0.39, 0.29) is 0 Å². The van der Waals surface area contributed by atoms with Crippen LogP contribution >= 0.6 is 0 Å². The Morgan fingerprint density at radius 2 is 2.19 bits per heavy atom. The van der Waals surface area contributed by atoms with E-state index >= 15 is 0 Å². The summed E-state index contributed by atoms with van der Waals surface area (Å²) >= 11 is 0. The van der Waals surface area contributed by atoms with Crippen molar-refractivity contribution in [1.82, 2.24) is 9.97 Å². The number of carbonyl (C=O) groups is 1. The summed E-state index contributed by atoms with van der Waals surface area (Å²) in [6.07, 6.45) is 5.16. The van der Waals surface area contributed by atoms with Crippen molar-refractivity contribution in [3.05, 3.63) is 48.2 Å². The molecule has 0 aliphatic carbocycles. The second-order valence-corrected chi connectivity index (χ2v) is 3.07. The third-order valence-corrected chi connectivity index (χ3v) is 1.97. The maximum absolute atomic E-state index is 13.0. The van der Waals surface area contributed by atoms with Crippen LogP contribution in [0.15, 0.2) is 36.8 Å². The third kappa shape index (κ3) is 2.20. The van der Waals surface area contributed by atoms with Gasteiger partial charge in [0, 0.05) is 18.0 Å². The summed E-state index contributed by atoms with van der Waals surface area (Å²) in [5.41, 5.74) is 0.738. The molecule has 0 unspecified atom stereocenters. The topological polar surface area (TPSA) is 54.9 Å². The Balaban J connectivity index is 2.33. The Hall–Kier alpha value is -2.30. The van der Waals surface area contributed by atoms with E-state index in [0.717, 1.165) is 0 Å². The fourth-order valence-corrected chi connectivity index (χ4v) is 1.24. The number of nitrogens with zero attached hydrogens (tertiary/aromatic N) is 2. The normalized spacial score (nSPS) is 9.81. The van der Waals surface area contributed by atoms with Gasteiger partial charge in [0.1, 0.15) is 11.6 Å². The maximum atomic E-state index is 13.0. The van der Waals surface area contributed by atoms with Crippen LogP contribution in [-0.4, -0.2) is 16.3 Å². The lowest BCUT2D eigenvalue weighted by Gasteiger charge is -2.07. The van der Waals surface area contributed by atoms with Crippen molar-refractivity contribution in [2.24, 2.45) is 0 Å². The smallest absolute Gasteiger partial charge is 0.152 e. The molecule has 0 amide bonds. The number of anilines is 2. The van der Waals surface area contributed by atoms with Gasteiger partial charge in [0.2, 0.25) is 0 Å². The molecule has 0 aliphatic heterocycles. The standard InChI is InChI=1S/C11H8FN3O/c12-9-2-1-8(7-16)10(5-9)15-11-6-13-3-4-14-11/h1-7H,(H,14,15). The quantitative estimate of drug-likeness (QED) is 0.800. The number of halogens is 1. The predicted molar refractivity (Wildman–Crippen MR) is 57.1 cm³/mol. The summed E-state index contributed by atoms with van der Waals surface area (Å²) in [7, 11) is 0. The Kier molecular flexibility index (Phi) is 2.86. The number of hydrogen-bond donors (Lipinski definition) is 1. The van der Waals surface area contributed by atoms with Gasteiger partial charge >= 0.3 is 0 Å². The minimum absolute atomic E-state index is 0.368. The molecule has 80 valence electrons. The fourth-order valence-electron chi connectivity index (χ4n) is 1.24. The Bertz CT molecular complexity index is 502. The van der Waals surface area contributed by atoms with Gasteiger partial charge in [0.15, 0.2) is 6.29 Å². The highest BCUT2D eigenvalue weighted by molar-refractivity contribution is 5.85. The monoisotopic (exact) mass is 217 g/mol. The minimum atomic E-state index is -0.419. The lowest BCUT2D eigenvalue weighted by atomic mass is 10.2. The van der Waals surface area contributed by atoms with Gasteiger partial charge in [-0.15, -0.1) is 0 Å². The van der Waals surface area contributed by atoms with E-state index in [0.29, 0.717) is 23.4 Å². The van der Waals surface area contributed by atoms with Crippen LogP contribution in [0.4, 0.5) is 15.9 Å². The number of nitrogens with one attached hydrogen (secondary N) is 1. The zero-order valence-corrected chi connectivity index (χ0v) is 8.22. The van der Waals surface area contributed by atoms with Gasteiger partial charge in [-0.25, -0.2) is 9.37 Å². The molecule has 16 heavy (non-hydrogen) atoms. The van der Waals surface area contributed by atoms with Gasteiger partial charge in [0.25, 0.3) is 0 Å². The molecule has 2 aromatic rings. The van der Waals surface area contributed by atoms with E-state index in [4.69, 9.17) is 0 Å². The van der Waals surface area contributed by atoms with E-state index in [1.807, 2.05) is 0 Å². The third-order valence-electron chi connectivity index (χ3n) is 1.97. The molecule has 2 rings (SSSR count). The van der Waals surface area contributed by atoms with E-state index in [2.05, 4.69) is 15.3 Å². The molecule has 0 saturated carbocycles. The summed E-state index contributed by atoms with van der Waals surface area (Å²) in [6, 6.07) is 3.87. The molecule has 1 aromatic carbocycles. The van der Waals surface area contributed by atoms with Crippen LogP contribution < -0.4 is 5.32 Å². The van der Waals surface area contributed by atoms with Crippen LogP contribution in [0.25, 0.3) is 0 Å². The van der Waals surface area contributed by atoms with Crippen molar-refractivity contribution < 1.29 is 9.18 Å². The largest absolute Gasteiger partial charge is 0.338 e. The second-order valence-electron chi connectivity index (χ2n) is 3.07. The van der Waals surface area contributed by atoms with Crippen molar-refractivity contribution in [1.29, 1.82) is 0 Å². The van der Waals surface area contributed by atoms with Crippen LogP contribution in [0.2, 0.25) is 0 Å². The first-order valence-corrected chi connectivity index (χ1v) is 4.57. The molecule has 4 nitrogen and oxygen atoms in total. The van der Waals surface area contributed by atoms with E-state index in [1.165, 1.54) is 36.8 Å². The average Bonchev–Trinajstić information content (AvgIpc) is 2.31. The van der Waals surface area contributed by atoms with Crippen LogP contribution in [0, 0.1) is 5.82 Å². The first-order chi connectivity index (χ1) is 7.79. The van der Waals surface area contributed by atoms with Crippen LogP contribution in [0.1, 0.15) is 10.4 Å². The summed E-state index contributed by atoms with van der Waals surface area (Å²) in [6.45, 7) is 0.